The summed E-state index contributed by atoms with van der Waals surface area (Å²) in [4.78, 5) is 23.2. The van der Waals surface area contributed by atoms with Crippen LogP contribution in [0.4, 0.5) is 8.78 Å². The number of hydrogen-bond acceptors (Lipinski definition) is 4. The van der Waals surface area contributed by atoms with Gasteiger partial charge in [-0.25, -0.2) is 13.8 Å². The summed E-state index contributed by atoms with van der Waals surface area (Å²) in [5.41, 5.74) is 0.616. The Kier molecular flexibility index (Phi) is 6.34. The van der Waals surface area contributed by atoms with Gasteiger partial charge in [-0.15, -0.1) is 0 Å². The maximum absolute atomic E-state index is 13.0. The number of hydrogen-bond donors (Lipinski definition) is 1. The second kappa shape index (κ2) is 8.71. The van der Waals surface area contributed by atoms with Crippen LogP contribution >= 0.6 is 0 Å². The largest absolute Gasteiger partial charge is 0.307 e. The number of nitrogens with one attached hydrogen (secondary N) is 1. The summed E-state index contributed by atoms with van der Waals surface area (Å²) in [6.07, 6.45) is -1.68. The van der Waals surface area contributed by atoms with Crippen LogP contribution in [-0.4, -0.2) is 52.0 Å². The third kappa shape index (κ3) is 4.99. The Morgan fingerprint density at radius 2 is 1.93 bits per heavy atom. The Balaban J connectivity index is 1.84. The molecule has 1 aliphatic rings. The fourth-order valence-electron chi connectivity index (χ4n) is 3.51. The molecule has 27 heavy (non-hydrogen) atoms. The first-order chi connectivity index (χ1) is 12.9. The van der Waals surface area contributed by atoms with E-state index in [1.807, 2.05) is 24.3 Å². The highest BCUT2D eigenvalue weighted by molar-refractivity contribution is 5.60. The molecule has 1 aliphatic heterocycles. The van der Waals surface area contributed by atoms with Gasteiger partial charge in [0.05, 0.1) is 0 Å². The standard InChI is InChI=1S/C20H26F2N4O/c1-14(2)26-9-5-8-25(10-11-26)13-15-6-3-4-7-16(15)20-23-17(19(21)22)12-18(27)24-20/h3-4,6-7,12,14,19H,5,8-11,13H2,1-2H3,(H,23,24,27). The van der Waals surface area contributed by atoms with E-state index in [2.05, 4.69) is 33.6 Å². The minimum absolute atomic E-state index is 0.201. The van der Waals surface area contributed by atoms with Crippen molar-refractivity contribution in [2.75, 3.05) is 26.2 Å². The Morgan fingerprint density at radius 3 is 2.67 bits per heavy atom. The summed E-state index contributed by atoms with van der Waals surface area (Å²) < 4.78 is 26.1. The maximum atomic E-state index is 13.0. The molecule has 0 radical (unpaired) electrons. The van der Waals surface area contributed by atoms with Crippen molar-refractivity contribution < 1.29 is 8.78 Å². The summed E-state index contributed by atoms with van der Waals surface area (Å²) in [6, 6.07) is 8.93. The molecule has 0 atom stereocenters. The highest BCUT2D eigenvalue weighted by Crippen LogP contribution is 2.24. The number of rotatable bonds is 5. The second-order valence-corrected chi connectivity index (χ2v) is 7.24. The number of aromatic amines is 1. The normalized spacial score (nSPS) is 16.8. The van der Waals surface area contributed by atoms with Crippen LogP contribution in [0.3, 0.4) is 0 Å². The van der Waals surface area contributed by atoms with Crippen LogP contribution in [-0.2, 0) is 6.54 Å². The van der Waals surface area contributed by atoms with Crippen molar-refractivity contribution in [2.45, 2.75) is 39.3 Å². The molecule has 2 aromatic rings. The Labute approximate surface area is 158 Å². The van der Waals surface area contributed by atoms with Gasteiger partial charge in [-0.05, 0) is 38.9 Å². The zero-order valence-electron chi connectivity index (χ0n) is 15.8. The van der Waals surface area contributed by atoms with E-state index < -0.39 is 17.7 Å². The molecule has 0 bridgehead atoms. The first kappa shape index (κ1) is 19.6. The van der Waals surface area contributed by atoms with Gasteiger partial charge in [0.15, 0.2) is 0 Å². The van der Waals surface area contributed by atoms with E-state index in [1.54, 1.807) is 0 Å². The monoisotopic (exact) mass is 376 g/mol. The number of aromatic nitrogens is 2. The van der Waals surface area contributed by atoms with Gasteiger partial charge in [0.25, 0.3) is 12.0 Å². The van der Waals surface area contributed by atoms with E-state index in [4.69, 9.17) is 0 Å². The van der Waals surface area contributed by atoms with Crippen LogP contribution in [0, 0.1) is 0 Å². The minimum atomic E-state index is -2.77. The van der Waals surface area contributed by atoms with Gasteiger partial charge in [0.1, 0.15) is 11.5 Å². The average molecular weight is 376 g/mol. The molecule has 0 unspecified atom stereocenters. The zero-order valence-corrected chi connectivity index (χ0v) is 15.8. The zero-order chi connectivity index (χ0) is 19.4. The molecule has 2 heterocycles. The van der Waals surface area contributed by atoms with Gasteiger partial charge in [-0.1, -0.05) is 24.3 Å². The van der Waals surface area contributed by atoms with Crippen molar-refractivity contribution in [3.05, 3.63) is 51.9 Å². The van der Waals surface area contributed by atoms with Crippen LogP contribution in [0.25, 0.3) is 11.4 Å². The van der Waals surface area contributed by atoms with Crippen molar-refractivity contribution in [3.8, 4) is 11.4 Å². The summed E-state index contributed by atoms with van der Waals surface area (Å²) in [6.45, 7) is 9.15. The number of H-pyrrole nitrogens is 1. The summed E-state index contributed by atoms with van der Waals surface area (Å²) in [7, 11) is 0. The van der Waals surface area contributed by atoms with E-state index in [1.165, 1.54) is 0 Å². The highest BCUT2D eigenvalue weighted by Gasteiger charge is 2.19. The lowest BCUT2D eigenvalue weighted by molar-refractivity contribution is 0.146. The molecule has 146 valence electrons. The molecular formula is C20H26F2N4O. The van der Waals surface area contributed by atoms with Crippen molar-refractivity contribution >= 4 is 0 Å². The third-order valence-corrected chi connectivity index (χ3v) is 5.00. The Bertz CT molecular complexity index is 822. The van der Waals surface area contributed by atoms with Gasteiger partial charge in [0, 0.05) is 37.3 Å². The molecular weight excluding hydrogens is 350 g/mol. The fraction of sp³-hybridized carbons (Fsp3) is 0.500. The van der Waals surface area contributed by atoms with Crippen molar-refractivity contribution in [2.24, 2.45) is 0 Å². The van der Waals surface area contributed by atoms with Gasteiger partial charge in [-0.2, -0.15) is 0 Å². The van der Waals surface area contributed by atoms with Crippen LogP contribution in [0.5, 0.6) is 0 Å². The van der Waals surface area contributed by atoms with Crippen molar-refractivity contribution in [1.29, 1.82) is 0 Å². The SMILES string of the molecule is CC(C)N1CCCN(Cc2ccccc2-c2nc(C(F)F)cc(=O)[nH]2)CC1. The fourth-order valence-corrected chi connectivity index (χ4v) is 3.51. The topological polar surface area (TPSA) is 52.2 Å². The van der Waals surface area contributed by atoms with E-state index in [0.29, 0.717) is 18.2 Å². The van der Waals surface area contributed by atoms with E-state index in [9.17, 15) is 13.6 Å². The van der Waals surface area contributed by atoms with E-state index in [-0.39, 0.29) is 5.82 Å². The number of benzene rings is 1. The van der Waals surface area contributed by atoms with Crippen molar-refractivity contribution in [1.82, 2.24) is 19.8 Å². The predicted octanol–water partition coefficient (Wildman–Crippen LogP) is 3.29. The van der Waals surface area contributed by atoms with Crippen LogP contribution in [0.2, 0.25) is 0 Å². The number of alkyl halides is 2. The molecule has 0 spiro atoms. The smallest absolute Gasteiger partial charge is 0.280 e. The quantitative estimate of drug-likeness (QED) is 0.870. The van der Waals surface area contributed by atoms with Gasteiger partial charge in [0.2, 0.25) is 0 Å². The van der Waals surface area contributed by atoms with Crippen molar-refractivity contribution in [3.63, 3.8) is 0 Å². The lowest BCUT2D eigenvalue weighted by atomic mass is 10.1. The molecule has 3 rings (SSSR count). The van der Waals surface area contributed by atoms with Crippen LogP contribution in [0.15, 0.2) is 35.1 Å². The first-order valence-corrected chi connectivity index (χ1v) is 9.38. The predicted molar refractivity (Wildman–Crippen MR) is 102 cm³/mol. The molecule has 0 aliphatic carbocycles. The lowest BCUT2D eigenvalue weighted by Gasteiger charge is -2.25. The lowest BCUT2D eigenvalue weighted by Crippen LogP contribution is -2.35. The third-order valence-electron chi connectivity index (χ3n) is 5.00. The summed E-state index contributed by atoms with van der Waals surface area (Å²) >= 11 is 0. The highest BCUT2D eigenvalue weighted by atomic mass is 19.3. The molecule has 1 N–H and O–H groups in total. The molecule has 1 saturated heterocycles. The van der Waals surface area contributed by atoms with Crippen LogP contribution in [0.1, 0.15) is 38.0 Å². The van der Waals surface area contributed by atoms with Gasteiger partial charge >= 0.3 is 0 Å². The molecule has 0 amide bonds. The summed E-state index contributed by atoms with van der Waals surface area (Å²) in [5.74, 6) is 0.201. The number of halogens is 2. The molecule has 1 aromatic heterocycles. The van der Waals surface area contributed by atoms with Gasteiger partial charge < -0.3 is 4.98 Å². The van der Waals surface area contributed by atoms with Gasteiger partial charge in [-0.3, -0.25) is 14.6 Å². The summed E-state index contributed by atoms with van der Waals surface area (Å²) in [5, 5.41) is 0. The average Bonchev–Trinajstić information content (AvgIpc) is 2.87. The van der Waals surface area contributed by atoms with E-state index in [0.717, 1.165) is 44.2 Å². The first-order valence-electron chi connectivity index (χ1n) is 9.38. The minimum Gasteiger partial charge on any atom is -0.307 e. The molecule has 5 nitrogen and oxygen atoms in total. The Hall–Kier alpha value is -2.12. The molecule has 1 fully saturated rings. The molecule has 1 aromatic carbocycles. The maximum Gasteiger partial charge on any atom is 0.280 e. The van der Waals surface area contributed by atoms with E-state index >= 15 is 0 Å². The number of nitrogens with zero attached hydrogens (tertiary/aromatic N) is 3. The second-order valence-electron chi connectivity index (χ2n) is 7.24. The molecule has 7 heteroatoms. The Morgan fingerprint density at radius 1 is 1.15 bits per heavy atom. The van der Waals surface area contributed by atoms with Crippen LogP contribution < -0.4 is 5.56 Å². The molecule has 0 saturated carbocycles.